The molecule has 1 aromatic heterocycles. The van der Waals surface area contributed by atoms with Gasteiger partial charge in [0.25, 0.3) is 11.6 Å². The van der Waals surface area contributed by atoms with Crippen molar-refractivity contribution in [3.63, 3.8) is 0 Å². The maximum absolute atomic E-state index is 12.2. The Balaban J connectivity index is 1.60. The standard InChI is InChI=1S/C20H18N4O6/c1-12-3-6-15(9-17(12)24(28)29)22-18(25)11-30-19(26)14-4-7-16(8-5-14)23-13(2)10-21-20(23)27/h3-10H,11H2,1-2H3,(H,21,27)(H,22,25). The summed E-state index contributed by atoms with van der Waals surface area (Å²) >= 11 is 0. The molecule has 0 aliphatic rings. The van der Waals surface area contributed by atoms with E-state index < -0.39 is 23.4 Å². The fraction of sp³-hybridized carbons (Fsp3) is 0.150. The monoisotopic (exact) mass is 410 g/mol. The number of rotatable bonds is 6. The number of amides is 1. The number of H-pyrrole nitrogens is 1. The van der Waals surface area contributed by atoms with Gasteiger partial charge < -0.3 is 15.0 Å². The molecular weight excluding hydrogens is 392 g/mol. The Labute approximate surface area is 170 Å². The normalized spacial score (nSPS) is 10.5. The summed E-state index contributed by atoms with van der Waals surface area (Å²) in [4.78, 5) is 49.0. The molecule has 10 heteroatoms. The molecule has 0 saturated heterocycles. The number of hydrogen-bond acceptors (Lipinski definition) is 6. The molecule has 0 bridgehead atoms. The number of imidazole rings is 1. The lowest BCUT2D eigenvalue weighted by molar-refractivity contribution is -0.385. The third kappa shape index (κ3) is 4.43. The second kappa shape index (κ2) is 8.43. The molecule has 10 nitrogen and oxygen atoms in total. The van der Waals surface area contributed by atoms with Crippen LogP contribution in [0.1, 0.15) is 21.6 Å². The van der Waals surface area contributed by atoms with E-state index in [0.29, 0.717) is 16.9 Å². The fourth-order valence-corrected chi connectivity index (χ4v) is 2.82. The molecule has 30 heavy (non-hydrogen) atoms. The molecule has 0 saturated carbocycles. The summed E-state index contributed by atoms with van der Waals surface area (Å²) in [5, 5.41) is 13.4. The number of carbonyl (C=O) groups excluding carboxylic acids is 2. The van der Waals surface area contributed by atoms with Gasteiger partial charge in [-0.3, -0.25) is 19.5 Å². The minimum atomic E-state index is -0.718. The van der Waals surface area contributed by atoms with Crippen LogP contribution in [0.25, 0.3) is 5.69 Å². The summed E-state index contributed by atoms with van der Waals surface area (Å²) in [7, 11) is 0. The van der Waals surface area contributed by atoms with E-state index in [0.717, 1.165) is 0 Å². The number of nitrogens with zero attached hydrogens (tertiary/aromatic N) is 2. The minimum Gasteiger partial charge on any atom is -0.452 e. The quantitative estimate of drug-likeness (QED) is 0.364. The van der Waals surface area contributed by atoms with Gasteiger partial charge in [0.05, 0.1) is 16.2 Å². The van der Waals surface area contributed by atoms with E-state index in [1.165, 1.54) is 34.9 Å². The maximum Gasteiger partial charge on any atom is 0.338 e. The molecular formula is C20H18N4O6. The van der Waals surface area contributed by atoms with Crippen LogP contribution < -0.4 is 11.0 Å². The smallest absolute Gasteiger partial charge is 0.338 e. The van der Waals surface area contributed by atoms with E-state index in [2.05, 4.69) is 10.3 Å². The highest BCUT2D eigenvalue weighted by molar-refractivity contribution is 5.95. The van der Waals surface area contributed by atoms with Crippen LogP contribution in [0, 0.1) is 24.0 Å². The van der Waals surface area contributed by atoms with Crippen LogP contribution in [0.15, 0.2) is 53.5 Å². The van der Waals surface area contributed by atoms with Crippen molar-refractivity contribution in [2.45, 2.75) is 13.8 Å². The Morgan fingerprint density at radius 2 is 1.87 bits per heavy atom. The lowest BCUT2D eigenvalue weighted by atomic mass is 10.2. The summed E-state index contributed by atoms with van der Waals surface area (Å²) < 4.78 is 6.43. The third-order valence-electron chi connectivity index (χ3n) is 4.35. The summed E-state index contributed by atoms with van der Waals surface area (Å²) in [6, 6.07) is 10.4. The first-order valence-electron chi connectivity index (χ1n) is 8.86. The average molecular weight is 410 g/mol. The van der Waals surface area contributed by atoms with Gasteiger partial charge in [0, 0.05) is 29.2 Å². The van der Waals surface area contributed by atoms with Gasteiger partial charge in [-0.1, -0.05) is 6.07 Å². The molecule has 2 N–H and O–H groups in total. The molecule has 1 amide bonds. The van der Waals surface area contributed by atoms with Crippen molar-refractivity contribution in [3.8, 4) is 5.69 Å². The summed E-state index contributed by atoms with van der Waals surface area (Å²) in [6.45, 7) is 2.80. The molecule has 0 spiro atoms. The van der Waals surface area contributed by atoms with Gasteiger partial charge in [0.2, 0.25) is 0 Å². The molecule has 3 rings (SSSR count). The molecule has 0 aliphatic heterocycles. The van der Waals surface area contributed by atoms with E-state index in [-0.39, 0.29) is 22.6 Å². The first-order valence-corrected chi connectivity index (χ1v) is 8.86. The number of anilines is 1. The van der Waals surface area contributed by atoms with Crippen molar-refractivity contribution in [3.05, 3.63) is 86.1 Å². The average Bonchev–Trinajstić information content (AvgIpc) is 3.05. The van der Waals surface area contributed by atoms with E-state index in [1.54, 1.807) is 32.2 Å². The van der Waals surface area contributed by atoms with Crippen LogP contribution in [0.3, 0.4) is 0 Å². The van der Waals surface area contributed by atoms with Gasteiger partial charge in [-0.2, -0.15) is 0 Å². The largest absolute Gasteiger partial charge is 0.452 e. The second-order valence-electron chi connectivity index (χ2n) is 6.50. The van der Waals surface area contributed by atoms with Gasteiger partial charge in [0.15, 0.2) is 6.61 Å². The lowest BCUT2D eigenvalue weighted by Gasteiger charge is -2.08. The first-order chi connectivity index (χ1) is 14.3. The number of aromatic amines is 1. The Hall–Kier alpha value is -4.21. The van der Waals surface area contributed by atoms with Gasteiger partial charge in [-0.05, 0) is 44.2 Å². The highest BCUT2D eigenvalue weighted by Crippen LogP contribution is 2.22. The van der Waals surface area contributed by atoms with Gasteiger partial charge in [0.1, 0.15) is 0 Å². The number of nitrogens with one attached hydrogen (secondary N) is 2. The first kappa shape index (κ1) is 20.5. The number of esters is 1. The van der Waals surface area contributed by atoms with Crippen LogP contribution >= 0.6 is 0 Å². The molecule has 1 heterocycles. The maximum atomic E-state index is 12.2. The Morgan fingerprint density at radius 1 is 1.17 bits per heavy atom. The van der Waals surface area contributed by atoms with E-state index in [4.69, 9.17) is 4.74 Å². The number of aromatic nitrogens is 2. The molecule has 0 unspecified atom stereocenters. The summed E-state index contributed by atoms with van der Waals surface area (Å²) in [5.41, 5.74) is 1.77. The number of nitro groups is 1. The van der Waals surface area contributed by atoms with Crippen molar-refractivity contribution in [2.75, 3.05) is 11.9 Å². The van der Waals surface area contributed by atoms with Crippen LogP contribution in [-0.2, 0) is 9.53 Å². The number of carbonyl (C=O) groups is 2. The number of nitro benzene ring substituents is 1. The predicted molar refractivity (Wildman–Crippen MR) is 108 cm³/mol. The van der Waals surface area contributed by atoms with Gasteiger partial charge in [-0.25, -0.2) is 9.59 Å². The zero-order valence-corrected chi connectivity index (χ0v) is 16.2. The lowest BCUT2D eigenvalue weighted by Crippen LogP contribution is -2.21. The number of benzene rings is 2. The topological polar surface area (TPSA) is 136 Å². The highest BCUT2D eigenvalue weighted by Gasteiger charge is 2.14. The van der Waals surface area contributed by atoms with Crippen LogP contribution in [0.2, 0.25) is 0 Å². The number of hydrogen-bond donors (Lipinski definition) is 2. The highest BCUT2D eigenvalue weighted by atomic mass is 16.6. The minimum absolute atomic E-state index is 0.123. The SMILES string of the molecule is Cc1ccc(NC(=O)COC(=O)c2ccc(-n3c(C)c[nH]c3=O)cc2)cc1[N+](=O)[O-]. The second-order valence-corrected chi connectivity index (χ2v) is 6.50. The molecule has 0 aliphatic carbocycles. The molecule has 3 aromatic rings. The molecule has 2 aromatic carbocycles. The van der Waals surface area contributed by atoms with E-state index >= 15 is 0 Å². The number of ether oxygens (including phenoxy) is 1. The van der Waals surface area contributed by atoms with E-state index in [9.17, 15) is 24.5 Å². The van der Waals surface area contributed by atoms with Crippen molar-refractivity contribution in [2.24, 2.45) is 0 Å². The summed E-state index contributed by atoms with van der Waals surface area (Å²) in [5.74, 6) is -1.35. The molecule has 0 radical (unpaired) electrons. The molecule has 0 fully saturated rings. The van der Waals surface area contributed by atoms with Crippen molar-refractivity contribution >= 4 is 23.3 Å². The van der Waals surface area contributed by atoms with Gasteiger partial charge in [-0.15, -0.1) is 0 Å². The Bertz CT molecular complexity index is 1180. The Morgan fingerprint density at radius 3 is 2.47 bits per heavy atom. The third-order valence-corrected chi connectivity index (χ3v) is 4.35. The predicted octanol–water partition coefficient (Wildman–Crippen LogP) is 2.49. The zero-order valence-electron chi connectivity index (χ0n) is 16.2. The number of aryl methyl sites for hydroxylation is 2. The van der Waals surface area contributed by atoms with Crippen LogP contribution in [-0.4, -0.2) is 33.0 Å². The summed E-state index contributed by atoms with van der Waals surface area (Å²) in [6.07, 6.45) is 1.58. The fourth-order valence-electron chi connectivity index (χ4n) is 2.82. The van der Waals surface area contributed by atoms with Gasteiger partial charge >= 0.3 is 11.7 Å². The van der Waals surface area contributed by atoms with Crippen LogP contribution in [0.4, 0.5) is 11.4 Å². The van der Waals surface area contributed by atoms with E-state index in [1.807, 2.05) is 0 Å². The molecule has 154 valence electrons. The van der Waals surface area contributed by atoms with Crippen LogP contribution in [0.5, 0.6) is 0 Å². The van der Waals surface area contributed by atoms with Crippen molar-refractivity contribution in [1.82, 2.24) is 9.55 Å². The van der Waals surface area contributed by atoms with Crippen molar-refractivity contribution < 1.29 is 19.2 Å². The Kier molecular flexibility index (Phi) is 5.77. The van der Waals surface area contributed by atoms with Crippen molar-refractivity contribution in [1.29, 1.82) is 0 Å². The zero-order chi connectivity index (χ0) is 21.8. The molecule has 0 atom stereocenters.